The molecule has 2 unspecified atom stereocenters. The van der Waals surface area contributed by atoms with Crippen LogP contribution in [0.15, 0.2) is 24.3 Å². The SMILES string of the molecule is CN1CC(CNC(=O)C2CCNC(=O)C2)Cc2ccccc21. The van der Waals surface area contributed by atoms with Gasteiger partial charge in [0.2, 0.25) is 11.8 Å². The maximum atomic E-state index is 12.2. The number of hydrogen-bond acceptors (Lipinski definition) is 3. The molecule has 1 saturated heterocycles. The monoisotopic (exact) mass is 301 g/mol. The summed E-state index contributed by atoms with van der Waals surface area (Å²) in [6, 6.07) is 8.43. The molecular weight excluding hydrogens is 278 g/mol. The first-order valence-corrected chi connectivity index (χ1v) is 7.97. The van der Waals surface area contributed by atoms with Crippen molar-refractivity contribution in [3.8, 4) is 0 Å². The summed E-state index contributed by atoms with van der Waals surface area (Å²) in [5.74, 6) is 0.262. The molecule has 2 amide bonds. The molecule has 118 valence electrons. The van der Waals surface area contributed by atoms with E-state index in [1.807, 2.05) is 0 Å². The second-order valence-electron chi connectivity index (χ2n) is 6.36. The van der Waals surface area contributed by atoms with Gasteiger partial charge >= 0.3 is 0 Å². The molecule has 2 N–H and O–H groups in total. The molecule has 0 aromatic heterocycles. The van der Waals surface area contributed by atoms with E-state index in [1.54, 1.807) is 0 Å². The van der Waals surface area contributed by atoms with Crippen LogP contribution in [-0.2, 0) is 16.0 Å². The van der Waals surface area contributed by atoms with Gasteiger partial charge in [0.15, 0.2) is 0 Å². The summed E-state index contributed by atoms with van der Waals surface area (Å²) < 4.78 is 0. The molecular formula is C17H23N3O2. The van der Waals surface area contributed by atoms with E-state index in [0.29, 0.717) is 25.4 Å². The van der Waals surface area contributed by atoms with E-state index in [2.05, 4.69) is 46.8 Å². The van der Waals surface area contributed by atoms with E-state index in [-0.39, 0.29) is 17.7 Å². The normalized spacial score (nSPS) is 24.4. The molecule has 0 radical (unpaired) electrons. The molecule has 2 aliphatic heterocycles. The number of rotatable bonds is 3. The van der Waals surface area contributed by atoms with Crippen LogP contribution in [0.1, 0.15) is 18.4 Å². The van der Waals surface area contributed by atoms with Crippen molar-refractivity contribution in [1.29, 1.82) is 0 Å². The van der Waals surface area contributed by atoms with E-state index < -0.39 is 0 Å². The molecule has 3 rings (SSSR count). The van der Waals surface area contributed by atoms with Gasteiger partial charge in [-0.2, -0.15) is 0 Å². The molecule has 2 atom stereocenters. The number of nitrogens with one attached hydrogen (secondary N) is 2. The van der Waals surface area contributed by atoms with E-state index in [1.165, 1.54) is 11.3 Å². The Labute approximate surface area is 131 Å². The molecule has 1 fully saturated rings. The first-order valence-electron chi connectivity index (χ1n) is 7.97. The van der Waals surface area contributed by atoms with Gasteiger partial charge in [-0.05, 0) is 30.4 Å². The average molecular weight is 301 g/mol. The van der Waals surface area contributed by atoms with Gasteiger partial charge in [-0.1, -0.05) is 18.2 Å². The predicted molar refractivity (Wildman–Crippen MR) is 85.6 cm³/mol. The Hall–Kier alpha value is -2.04. The maximum absolute atomic E-state index is 12.2. The van der Waals surface area contributed by atoms with Gasteiger partial charge in [-0.15, -0.1) is 0 Å². The van der Waals surface area contributed by atoms with Gasteiger partial charge in [-0.3, -0.25) is 9.59 Å². The number of carbonyl (C=O) groups excluding carboxylic acids is 2. The zero-order chi connectivity index (χ0) is 15.5. The number of benzene rings is 1. The Bertz CT molecular complexity index is 573. The minimum Gasteiger partial charge on any atom is -0.374 e. The summed E-state index contributed by atoms with van der Waals surface area (Å²) in [6.07, 6.45) is 2.05. The van der Waals surface area contributed by atoms with E-state index >= 15 is 0 Å². The van der Waals surface area contributed by atoms with Crippen LogP contribution >= 0.6 is 0 Å². The molecule has 0 bridgehead atoms. The highest BCUT2D eigenvalue weighted by Gasteiger charge is 2.27. The summed E-state index contributed by atoms with van der Waals surface area (Å²) in [6.45, 7) is 2.23. The number of nitrogens with zero attached hydrogens (tertiary/aromatic N) is 1. The Morgan fingerprint density at radius 3 is 3.00 bits per heavy atom. The van der Waals surface area contributed by atoms with Crippen molar-refractivity contribution >= 4 is 17.5 Å². The van der Waals surface area contributed by atoms with Crippen LogP contribution in [0.5, 0.6) is 0 Å². The third kappa shape index (κ3) is 3.24. The molecule has 1 aromatic rings. The molecule has 0 saturated carbocycles. The van der Waals surface area contributed by atoms with Gasteiger partial charge in [-0.25, -0.2) is 0 Å². The summed E-state index contributed by atoms with van der Waals surface area (Å²) >= 11 is 0. The first-order chi connectivity index (χ1) is 10.6. The highest BCUT2D eigenvalue weighted by Crippen LogP contribution is 2.28. The Kier molecular flexibility index (Phi) is 4.32. The molecule has 5 nitrogen and oxygen atoms in total. The highest BCUT2D eigenvalue weighted by atomic mass is 16.2. The third-order valence-electron chi connectivity index (χ3n) is 4.63. The molecule has 0 spiro atoms. The second-order valence-corrected chi connectivity index (χ2v) is 6.36. The van der Waals surface area contributed by atoms with Gasteiger partial charge < -0.3 is 15.5 Å². The standard InChI is InChI=1S/C17H23N3O2/c1-20-11-12(8-13-4-2-3-5-15(13)20)10-19-17(22)14-6-7-18-16(21)9-14/h2-5,12,14H,6-11H2,1H3,(H,18,21)(H,19,22). The first kappa shape index (κ1) is 14.9. The topological polar surface area (TPSA) is 61.4 Å². The number of amides is 2. The van der Waals surface area contributed by atoms with Crippen LogP contribution in [0.3, 0.4) is 0 Å². The Balaban J connectivity index is 1.54. The van der Waals surface area contributed by atoms with Crippen LogP contribution in [-0.4, -0.2) is 38.5 Å². The fraction of sp³-hybridized carbons (Fsp3) is 0.529. The number of hydrogen-bond donors (Lipinski definition) is 2. The molecule has 2 aliphatic rings. The van der Waals surface area contributed by atoms with Crippen LogP contribution in [0.2, 0.25) is 0 Å². The van der Waals surface area contributed by atoms with Crippen LogP contribution in [0.25, 0.3) is 0 Å². The average Bonchev–Trinajstić information content (AvgIpc) is 2.53. The molecule has 0 aliphatic carbocycles. The highest BCUT2D eigenvalue weighted by molar-refractivity contribution is 5.86. The summed E-state index contributed by atoms with van der Waals surface area (Å²) in [4.78, 5) is 25.8. The van der Waals surface area contributed by atoms with Crippen molar-refractivity contribution < 1.29 is 9.59 Å². The predicted octanol–water partition coefficient (Wildman–Crippen LogP) is 0.937. The van der Waals surface area contributed by atoms with Gasteiger partial charge in [0.1, 0.15) is 0 Å². The lowest BCUT2D eigenvalue weighted by molar-refractivity contribution is -0.132. The van der Waals surface area contributed by atoms with Crippen molar-refractivity contribution in [3.63, 3.8) is 0 Å². The lowest BCUT2D eigenvalue weighted by Crippen LogP contribution is -2.44. The number of anilines is 1. The van der Waals surface area contributed by atoms with Crippen molar-refractivity contribution in [2.75, 3.05) is 31.6 Å². The fourth-order valence-corrected chi connectivity index (χ4v) is 3.45. The van der Waals surface area contributed by atoms with Crippen LogP contribution in [0, 0.1) is 11.8 Å². The zero-order valence-corrected chi connectivity index (χ0v) is 13.0. The molecule has 22 heavy (non-hydrogen) atoms. The lowest BCUT2D eigenvalue weighted by Gasteiger charge is -2.33. The van der Waals surface area contributed by atoms with Crippen molar-refractivity contribution in [2.45, 2.75) is 19.3 Å². The number of fused-ring (bicyclic) bond motifs is 1. The minimum absolute atomic E-state index is 0.0160. The van der Waals surface area contributed by atoms with E-state index in [0.717, 1.165) is 19.4 Å². The van der Waals surface area contributed by atoms with Crippen LogP contribution < -0.4 is 15.5 Å². The molecule has 2 heterocycles. The molecule has 5 heteroatoms. The number of para-hydroxylation sites is 1. The van der Waals surface area contributed by atoms with E-state index in [9.17, 15) is 9.59 Å². The van der Waals surface area contributed by atoms with Crippen molar-refractivity contribution in [2.24, 2.45) is 11.8 Å². The lowest BCUT2D eigenvalue weighted by atomic mass is 9.92. The van der Waals surface area contributed by atoms with Crippen molar-refractivity contribution in [3.05, 3.63) is 29.8 Å². The smallest absolute Gasteiger partial charge is 0.223 e. The number of carbonyl (C=O) groups is 2. The summed E-state index contributed by atoms with van der Waals surface area (Å²) in [5, 5.41) is 5.81. The van der Waals surface area contributed by atoms with Gasteiger partial charge in [0, 0.05) is 44.7 Å². The maximum Gasteiger partial charge on any atom is 0.223 e. The number of piperidine rings is 1. The zero-order valence-electron chi connectivity index (χ0n) is 13.0. The van der Waals surface area contributed by atoms with E-state index in [4.69, 9.17) is 0 Å². The Morgan fingerprint density at radius 1 is 1.36 bits per heavy atom. The van der Waals surface area contributed by atoms with Gasteiger partial charge in [0.25, 0.3) is 0 Å². The van der Waals surface area contributed by atoms with Gasteiger partial charge in [0.05, 0.1) is 0 Å². The summed E-state index contributed by atoms with van der Waals surface area (Å²) in [7, 11) is 2.10. The minimum atomic E-state index is -0.164. The largest absolute Gasteiger partial charge is 0.374 e. The molecule has 1 aromatic carbocycles. The fourth-order valence-electron chi connectivity index (χ4n) is 3.45. The van der Waals surface area contributed by atoms with Crippen LogP contribution in [0.4, 0.5) is 5.69 Å². The quantitative estimate of drug-likeness (QED) is 0.873. The third-order valence-corrected chi connectivity index (χ3v) is 4.63. The van der Waals surface area contributed by atoms with Crippen molar-refractivity contribution in [1.82, 2.24) is 10.6 Å². The second kappa shape index (κ2) is 6.38. The Morgan fingerprint density at radius 2 is 2.18 bits per heavy atom. The summed E-state index contributed by atoms with van der Waals surface area (Å²) in [5.41, 5.74) is 2.63.